The summed E-state index contributed by atoms with van der Waals surface area (Å²) >= 11 is 0. The van der Waals surface area contributed by atoms with Gasteiger partial charge in [-0.15, -0.1) is 0 Å². The van der Waals surface area contributed by atoms with Gasteiger partial charge in [0, 0.05) is 11.1 Å². The lowest BCUT2D eigenvalue weighted by Crippen LogP contribution is -1.94. The summed E-state index contributed by atoms with van der Waals surface area (Å²) in [4.78, 5) is 4.66. The van der Waals surface area contributed by atoms with Crippen molar-refractivity contribution in [1.82, 2.24) is 4.98 Å². The molecule has 0 amide bonds. The fraction of sp³-hybridized carbons (Fsp3) is 0.400. The summed E-state index contributed by atoms with van der Waals surface area (Å²) in [5.41, 5.74) is 3.82. The number of hydrogen-bond acceptors (Lipinski definition) is 1. The van der Waals surface area contributed by atoms with Crippen molar-refractivity contribution < 1.29 is 0 Å². The van der Waals surface area contributed by atoms with Crippen LogP contribution in [0.5, 0.6) is 0 Å². The Bertz CT molecular complexity index is 474. The van der Waals surface area contributed by atoms with Crippen LogP contribution in [0.15, 0.2) is 30.3 Å². The molecular weight excluding hydrogens is 194 g/mol. The molecule has 0 aliphatic carbocycles. The molecule has 0 saturated heterocycles. The highest BCUT2D eigenvalue weighted by Crippen LogP contribution is 2.20. The highest BCUT2D eigenvalue weighted by Gasteiger charge is 2.03. The van der Waals surface area contributed by atoms with E-state index in [1.165, 1.54) is 35.9 Å². The number of fused-ring (bicyclic) bond motifs is 1. The maximum Gasteiger partial charge on any atom is 0.0708 e. The van der Waals surface area contributed by atoms with Gasteiger partial charge in [-0.25, -0.2) is 0 Å². The second kappa shape index (κ2) is 5.11. The van der Waals surface area contributed by atoms with E-state index in [-0.39, 0.29) is 0 Å². The molecule has 0 fully saturated rings. The van der Waals surface area contributed by atoms with E-state index in [2.05, 4.69) is 49.2 Å². The lowest BCUT2D eigenvalue weighted by molar-refractivity contribution is 0.796. The molecule has 0 aliphatic rings. The molecule has 0 saturated carbocycles. The van der Waals surface area contributed by atoms with Crippen LogP contribution in [0.3, 0.4) is 0 Å². The molecule has 0 unspecified atom stereocenters. The molecule has 1 heterocycles. The molecule has 0 spiro atoms. The molecule has 1 aromatic heterocycles. The first-order valence-corrected chi connectivity index (χ1v) is 6.22. The fourth-order valence-corrected chi connectivity index (χ4v) is 2.06. The van der Waals surface area contributed by atoms with Gasteiger partial charge in [0.1, 0.15) is 0 Å². The van der Waals surface area contributed by atoms with E-state index in [4.69, 9.17) is 0 Å². The second-order valence-corrected chi connectivity index (χ2v) is 4.25. The Morgan fingerprint density at radius 3 is 2.69 bits per heavy atom. The van der Waals surface area contributed by atoms with Gasteiger partial charge in [-0.3, -0.25) is 4.98 Å². The quantitative estimate of drug-likeness (QED) is 0.743. The molecule has 84 valence electrons. The van der Waals surface area contributed by atoms with Gasteiger partial charge in [0.05, 0.1) is 5.52 Å². The molecular formula is C15H19N. The first-order valence-electron chi connectivity index (χ1n) is 6.22. The average molecular weight is 213 g/mol. The smallest absolute Gasteiger partial charge is 0.0708 e. The highest BCUT2D eigenvalue weighted by molar-refractivity contribution is 5.82. The summed E-state index contributed by atoms with van der Waals surface area (Å²) in [7, 11) is 0. The molecule has 1 heteroatoms. The Balaban J connectivity index is 2.50. The van der Waals surface area contributed by atoms with Gasteiger partial charge in [-0.2, -0.15) is 0 Å². The van der Waals surface area contributed by atoms with Crippen molar-refractivity contribution in [1.29, 1.82) is 0 Å². The van der Waals surface area contributed by atoms with Crippen molar-refractivity contribution in [2.24, 2.45) is 0 Å². The Morgan fingerprint density at radius 2 is 1.94 bits per heavy atom. The summed E-state index contributed by atoms with van der Waals surface area (Å²) < 4.78 is 0. The molecule has 0 N–H and O–H groups in total. The molecule has 0 atom stereocenters. The third-order valence-corrected chi connectivity index (χ3v) is 3.02. The SMILES string of the molecule is CCCCc1cc(CC)nc2ccccc12. The largest absolute Gasteiger partial charge is 0.253 e. The Kier molecular flexibility index (Phi) is 3.55. The molecule has 0 aliphatic heterocycles. The number of aromatic nitrogens is 1. The molecule has 2 aromatic rings. The van der Waals surface area contributed by atoms with Gasteiger partial charge >= 0.3 is 0 Å². The van der Waals surface area contributed by atoms with E-state index in [1.54, 1.807) is 0 Å². The van der Waals surface area contributed by atoms with Crippen molar-refractivity contribution in [2.75, 3.05) is 0 Å². The van der Waals surface area contributed by atoms with Crippen LogP contribution < -0.4 is 0 Å². The minimum Gasteiger partial charge on any atom is -0.253 e. The molecule has 0 radical (unpaired) electrons. The van der Waals surface area contributed by atoms with Crippen LogP contribution in [0.4, 0.5) is 0 Å². The summed E-state index contributed by atoms with van der Waals surface area (Å²) in [6.07, 6.45) is 4.70. The van der Waals surface area contributed by atoms with Crippen molar-refractivity contribution in [2.45, 2.75) is 39.5 Å². The number of pyridine rings is 1. The third kappa shape index (κ3) is 2.24. The van der Waals surface area contributed by atoms with Gasteiger partial charge in [-0.1, -0.05) is 38.5 Å². The van der Waals surface area contributed by atoms with Gasteiger partial charge in [0.15, 0.2) is 0 Å². The van der Waals surface area contributed by atoms with Gasteiger partial charge in [-0.05, 0) is 37.0 Å². The topological polar surface area (TPSA) is 12.9 Å². The first kappa shape index (κ1) is 11.1. The number of aryl methyl sites for hydroxylation is 2. The molecule has 1 aromatic carbocycles. The maximum absolute atomic E-state index is 4.66. The summed E-state index contributed by atoms with van der Waals surface area (Å²) in [5.74, 6) is 0. The maximum atomic E-state index is 4.66. The zero-order valence-electron chi connectivity index (χ0n) is 10.2. The van der Waals surface area contributed by atoms with Gasteiger partial charge in [0.2, 0.25) is 0 Å². The van der Waals surface area contributed by atoms with Crippen molar-refractivity contribution in [3.63, 3.8) is 0 Å². The molecule has 0 bridgehead atoms. The van der Waals surface area contributed by atoms with E-state index in [9.17, 15) is 0 Å². The fourth-order valence-electron chi connectivity index (χ4n) is 2.06. The van der Waals surface area contributed by atoms with Crippen LogP contribution in [-0.4, -0.2) is 4.98 Å². The number of unbranched alkanes of at least 4 members (excludes halogenated alkanes) is 1. The number of para-hydroxylation sites is 1. The predicted molar refractivity (Wildman–Crippen MR) is 69.7 cm³/mol. The second-order valence-electron chi connectivity index (χ2n) is 4.25. The van der Waals surface area contributed by atoms with Crippen molar-refractivity contribution in [3.8, 4) is 0 Å². The van der Waals surface area contributed by atoms with E-state index >= 15 is 0 Å². The Labute approximate surface area is 97.5 Å². The summed E-state index contributed by atoms with van der Waals surface area (Å²) in [6.45, 7) is 4.41. The van der Waals surface area contributed by atoms with Crippen LogP contribution in [0.25, 0.3) is 10.9 Å². The number of nitrogens with zero attached hydrogens (tertiary/aromatic N) is 1. The lowest BCUT2D eigenvalue weighted by Gasteiger charge is -2.08. The highest BCUT2D eigenvalue weighted by atomic mass is 14.7. The normalized spacial score (nSPS) is 10.9. The average Bonchev–Trinajstić information content (AvgIpc) is 2.35. The monoisotopic (exact) mass is 213 g/mol. The van der Waals surface area contributed by atoms with Crippen LogP contribution in [0.1, 0.15) is 37.9 Å². The van der Waals surface area contributed by atoms with E-state index in [0.717, 1.165) is 11.9 Å². The van der Waals surface area contributed by atoms with E-state index in [1.807, 2.05) is 0 Å². The Hall–Kier alpha value is -1.37. The lowest BCUT2D eigenvalue weighted by atomic mass is 10.0. The molecule has 16 heavy (non-hydrogen) atoms. The number of benzene rings is 1. The van der Waals surface area contributed by atoms with Crippen LogP contribution in [0, 0.1) is 0 Å². The molecule has 1 nitrogen and oxygen atoms in total. The van der Waals surface area contributed by atoms with Crippen LogP contribution in [-0.2, 0) is 12.8 Å². The molecule has 2 rings (SSSR count). The van der Waals surface area contributed by atoms with Crippen molar-refractivity contribution in [3.05, 3.63) is 41.6 Å². The summed E-state index contributed by atoms with van der Waals surface area (Å²) in [6, 6.07) is 10.7. The third-order valence-electron chi connectivity index (χ3n) is 3.02. The minimum absolute atomic E-state index is 1.02. The predicted octanol–water partition coefficient (Wildman–Crippen LogP) is 4.14. The number of hydrogen-bond donors (Lipinski definition) is 0. The van der Waals surface area contributed by atoms with E-state index in [0.29, 0.717) is 0 Å². The zero-order chi connectivity index (χ0) is 11.4. The standard InChI is InChI=1S/C15H19N/c1-3-5-8-12-11-13(4-2)16-15-10-7-6-9-14(12)15/h6-7,9-11H,3-5,8H2,1-2H3. The first-order chi connectivity index (χ1) is 7.85. The van der Waals surface area contributed by atoms with E-state index < -0.39 is 0 Å². The van der Waals surface area contributed by atoms with Crippen molar-refractivity contribution >= 4 is 10.9 Å². The van der Waals surface area contributed by atoms with Gasteiger partial charge in [0.25, 0.3) is 0 Å². The minimum atomic E-state index is 1.02. The number of rotatable bonds is 4. The zero-order valence-corrected chi connectivity index (χ0v) is 10.2. The van der Waals surface area contributed by atoms with Crippen LogP contribution in [0.2, 0.25) is 0 Å². The summed E-state index contributed by atoms with van der Waals surface area (Å²) in [5, 5.41) is 1.33. The van der Waals surface area contributed by atoms with Gasteiger partial charge < -0.3 is 0 Å². The van der Waals surface area contributed by atoms with Crippen LogP contribution >= 0.6 is 0 Å². The Morgan fingerprint density at radius 1 is 1.12 bits per heavy atom.